The number of carbonyl (C=O) groups excluding carboxylic acids is 3. The lowest BCUT2D eigenvalue weighted by Crippen LogP contribution is -2.60. The van der Waals surface area contributed by atoms with Crippen LogP contribution in [-0.4, -0.2) is 83.7 Å². The van der Waals surface area contributed by atoms with Gasteiger partial charge in [-0.3, -0.25) is 19.2 Å². The average molecular weight is 644 g/mol. The monoisotopic (exact) mass is 643 g/mol. The van der Waals surface area contributed by atoms with Gasteiger partial charge in [-0.2, -0.15) is 5.10 Å². The molecule has 3 aromatic rings. The summed E-state index contributed by atoms with van der Waals surface area (Å²) in [5.41, 5.74) is 2.45. The van der Waals surface area contributed by atoms with E-state index >= 15 is 0 Å². The lowest BCUT2D eigenvalue weighted by atomic mass is 9.77. The molecule has 2 fully saturated rings. The maximum atomic E-state index is 13.9. The molecule has 3 aliphatic heterocycles. The van der Waals surface area contributed by atoms with Gasteiger partial charge in [0.05, 0.1) is 25.3 Å². The van der Waals surface area contributed by atoms with Crippen LogP contribution in [0.5, 0.6) is 11.5 Å². The molecule has 47 heavy (non-hydrogen) atoms. The van der Waals surface area contributed by atoms with E-state index in [0.717, 1.165) is 35.8 Å². The number of fused-ring (bicyclic) bond motifs is 7. The van der Waals surface area contributed by atoms with E-state index in [1.165, 1.54) is 4.68 Å². The fourth-order valence-electron chi connectivity index (χ4n) is 7.85. The van der Waals surface area contributed by atoms with Crippen LogP contribution >= 0.6 is 0 Å². The number of hydrogen-bond donors (Lipinski definition) is 1. The number of aromatic nitrogens is 2. The number of likely N-dealkylation sites (tertiary alicyclic amines) is 1. The van der Waals surface area contributed by atoms with Crippen LogP contribution < -0.4 is 20.3 Å². The van der Waals surface area contributed by atoms with Crippen molar-refractivity contribution in [3.05, 3.63) is 63.6 Å². The van der Waals surface area contributed by atoms with E-state index in [0.29, 0.717) is 80.9 Å². The predicted octanol–water partition coefficient (Wildman–Crippen LogP) is 3.26. The van der Waals surface area contributed by atoms with Crippen LogP contribution in [-0.2, 0) is 33.8 Å². The fraction of sp³-hybridized carbons (Fsp3) is 0.528. The van der Waals surface area contributed by atoms with Crippen molar-refractivity contribution < 1.29 is 23.9 Å². The molecule has 1 N–H and O–H groups in total. The van der Waals surface area contributed by atoms with Gasteiger partial charge in [-0.25, -0.2) is 4.68 Å². The number of nitrogens with zero attached hydrogens (tertiary/aromatic N) is 4. The normalized spacial score (nSPS) is 22.4. The Morgan fingerprint density at radius 2 is 1.77 bits per heavy atom. The van der Waals surface area contributed by atoms with Crippen LogP contribution in [0.1, 0.15) is 55.3 Å². The lowest BCUT2D eigenvalue weighted by Gasteiger charge is -2.51. The predicted molar refractivity (Wildman–Crippen MR) is 177 cm³/mol. The Bertz CT molecular complexity index is 1720. The van der Waals surface area contributed by atoms with E-state index in [4.69, 9.17) is 9.47 Å². The van der Waals surface area contributed by atoms with Gasteiger partial charge >= 0.3 is 0 Å². The highest BCUT2D eigenvalue weighted by atomic mass is 16.5. The van der Waals surface area contributed by atoms with Crippen molar-refractivity contribution in [2.24, 2.45) is 11.8 Å². The second-order valence-corrected chi connectivity index (χ2v) is 13.2. The summed E-state index contributed by atoms with van der Waals surface area (Å²) >= 11 is 0. The number of methoxy groups -OCH3 is 2. The first-order valence-corrected chi connectivity index (χ1v) is 16.8. The summed E-state index contributed by atoms with van der Waals surface area (Å²) in [6, 6.07) is 11.3. The molecule has 1 aromatic heterocycles. The first kappa shape index (κ1) is 32.5. The lowest BCUT2D eigenvalue weighted by molar-refractivity contribution is -0.146. The highest BCUT2D eigenvalue weighted by Crippen LogP contribution is 2.37. The SMILES string of the molecule is COc1cc2cc(c1OC)CCCNC(=O)CCC[C@H]1[C@H]3C[C@@H](CN(C(=O)Cn4nc(C)c5ccccc5c4=O)C3)CN1C(=O)CC2. The van der Waals surface area contributed by atoms with Gasteiger partial charge in [-0.05, 0) is 80.5 Å². The van der Waals surface area contributed by atoms with Gasteiger partial charge in [-0.1, -0.05) is 24.3 Å². The standard InChI is InChI=1S/C36H45N5O6/c1-23-28-9-4-5-10-29(28)36(45)41(38-23)22-34(44)39-19-25-17-27(21-39)30-11-6-12-32(42)37-15-7-8-26-16-24(13-14-33(43)40(30)20-25)18-31(46-2)35(26)47-3/h4-5,9-10,16,18,25,27,30H,6-8,11-15,17,19-22H2,1-3H3,(H,37,42)/t25-,27-,30-/m0/s1. The molecule has 3 atom stereocenters. The molecule has 2 aromatic carbocycles. The molecule has 250 valence electrons. The van der Waals surface area contributed by atoms with Crippen molar-refractivity contribution in [2.45, 2.75) is 70.9 Å². The zero-order valence-electron chi connectivity index (χ0n) is 27.6. The molecule has 0 radical (unpaired) electrons. The third-order valence-corrected chi connectivity index (χ3v) is 10.1. The first-order valence-electron chi connectivity index (χ1n) is 16.8. The molecule has 0 aliphatic carbocycles. The van der Waals surface area contributed by atoms with Gasteiger partial charge in [0.2, 0.25) is 17.7 Å². The Hall–Kier alpha value is -4.41. The Morgan fingerprint density at radius 1 is 0.957 bits per heavy atom. The van der Waals surface area contributed by atoms with Crippen LogP contribution in [0.15, 0.2) is 41.2 Å². The summed E-state index contributed by atoms with van der Waals surface area (Å²) in [6.07, 6.45) is 5.11. The topological polar surface area (TPSA) is 123 Å². The van der Waals surface area contributed by atoms with Crippen molar-refractivity contribution in [2.75, 3.05) is 40.4 Å². The minimum Gasteiger partial charge on any atom is -0.493 e. The molecule has 0 saturated carbocycles. The summed E-state index contributed by atoms with van der Waals surface area (Å²) in [6.45, 7) is 3.91. The van der Waals surface area contributed by atoms with Gasteiger partial charge in [0.25, 0.3) is 5.56 Å². The molecule has 4 bridgehead atoms. The van der Waals surface area contributed by atoms with Crippen molar-refractivity contribution in [1.82, 2.24) is 24.9 Å². The largest absolute Gasteiger partial charge is 0.493 e. The van der Waals surface area contributed by atoms with Crippen LogP contribution in [0.3, 0.4) is 0 Å². The number of hydrogen-bond acceptors (Lipinski definition) is 7. The number of nitrogens with one attached hydrogen (secondary N) is 1. The molecule has 3 amide bonds. The summed E-state index contributed by atoms with van der Waals surface area (Å²) in [4.78, 5) is 57.4. The number of amides is 3. The van der Waals surface area contributed by atoms with Crippen LogP contribution in [0, 0.1) is 18.8 Å². The number of benzene rings is 2. The maximum Gasteiger partial charge on any atom is 0.275 e. The Kier molecular flexibility index (Phi) is 9.79. The molecule has 0 spiro atoms. The minimum atomic E-state index is -0.272. The number of ether oxygens (including phenoxy) is 2. The van der Waals surface area contributed by atoms with Crippen molar-refractivity contribution >= 4 is 28.5 Å². The molecule has 2 saturated heterocycles. The van der Waals surface area contributed by atoms with E-state index in [1.807, 2.05) is 41.0 Å². The third-order valence-electron chi connectivity index (χ3n) is 10.1. The van der Waals surface area contributed by atoms with E-state index in [2.05, 4.69) is 16.5 Å². The number of piperidine rings is 2. The summed E-state index contributed by atoms with van der Waals surface area (Å²) in [5.74, 6) is 1.53. The Balaban J connectivity index is 1.21. The number of carbonyl (C=O) groups is 3. The van der Waals surface area contributed by atoms with Gasteiger partial charge in [0.15, 0.2) is 11.5 Å². The van der Waals surface area contributed by atoms with Crippen molar-refractivity contribution in [3.63, 3.8) is 0 Å². The smallest absolute Gasteiger partial charge is 0.275 e. The molecular weight excluding hydrogens is 598 g/mol. The quantitative estimate of drug-likeness (QED) is 0.463. The summed E-state index contributed by atoms with van der Waals surface area (Å²) < 4.78 is 12.6. The molecule has 6 rings (SSSR count). The summed E-state index contributed by atoms with van der Waals surface area (Å²) in [7, 11) is 3.24. The van der Waals surface area contributed by atoms with E-state index in [-0.39, 0.29) is 47.7 Å². The average Bonchev–Trinajstić information content (AvgIpc) is 3.07. The zero-order valence-corrected chi connectivity index (χ0v) is 27.6. The molecule has 11 heteroatoms. The first-order chi connectivity index (χ1) is 22.7. The maximum absolute atomic E-state index is 13.9. The zero-order chi connectivity index (χ0) is 33.1. The highest BCUT2D eigenvalue weighted by Gasteiger charge is 2.43. The van der Waals surface area contributed by atoms with E-state index < -0.39 is 0 Å². The Labute approximate surface area is 275 Å². The highest BCUT2D eigenvalue weighted by molar-refractivity contribution is 5.84. The second-order valence-electron chi connectivity index (χ2n) is 13.2. The van der Waals surface area contributed by atoms with Gasteiger partial charge in [0.1, 0.15) is 6.54 Å². The molecule has 11 nitrogen and oxygen atoms in total. The molecule has 3 aliphatic rings. The molecule has 4 heterocycles. The molecule has 0 unspecified atom stereocenters. The minimum absolute atomic E-state index is 0.00558. The van der Waals surface area contributed by atoms with E-state index in [9.17, 15) is 19.2 Å². The van der Waals surface area contributed by atoms with Crippen LogP contribution in [0.25, 0.3) is 10.8 Å². The molecular formula is C36H45N5O6. The third kappa shape index (κ3) is 6.99. The van der Waals surface area contributed by atoms with Gasteiger partial charge in [-0.15, -0.1) is 0 Å². The van der Waals surface area contributed by atoms with Crippen LogP contribution in [0.2, 0.25) is 0 Å². The van der Waals surface area contributed by atoms with Gasteiger partial charge < -0.3 is 24.6 Å². The van der Waals surface area contributed by atoms with Gasteiger partial charge in [0, 0.05) is 50.4 Å². The van der Waals surface area contributed by atoms with Crippen molar-refractivity contribution in [3.8, 4) is 11.5 Å². The number of aryl methyl sites for hydroxylation is 3. The number of rotatable bonds is 4. The Morgan fingerprint density at radius 3 is 2.55 bits per heavy atom. The fourth-order valence-corrected chi connectivity index (χ4v) is 7.85. The second kappa shape index (κ2) is 14.1. The van der Waals surface area contributed by atoms with Crippen molar-refractivity contribution in [1.29, 1.82) is 0 Å². The van der Waals surface area contributed by atoms with E-state index in [1.54, 1.807) is 20.3 Å². The summed E-state index contributed by atoms with van der Waals surface area (Å²) in [5, 5.41) is 8.85. The van der Waals surface area contributed by atoms with Crippen LogP contribution in [0.4, 0.5) is 0 Å².